The van der Waals surface area contributed by atoms with E-state index in [1.54, 1.807) is 19.1 Å². The third-order valence-electron chi connectivity index (χ3n) is 4.68. The smallest absolute Gasteiger partial charge is 0.223 e. The van der Waals surface area contributed by atoms with Crippen molar-refractivity contribution in [1.82, 2.24) is 9.80 Å². The number of amides is 1. The molecule has 1 amide bonds. The topological polar surface area (TPSA) is 42.0 Å². The predicted octanol–water partition coefficient (Wildman–Crippen LogP) is 2.78. The van der Waals surface area contributed by atoms with Crippen molar-refractivity contribution in [2.24, 2.45) is 5.92 Å². The summed E-state index contributed by atoms with van der Waals surface area (Å²) in [5.41, 5.74) is 1.04. The lowest BCUT2D eigenvalue weighted by atomic mass is 10.0. The van der Waals surface area contributed by atoms with E-state index in [0.29, 0.717) is 24.5 Å². The zero-order valence-electron chi connectivity index (χ0n) is 15.4. The number of hydrogen-bond donors (Lipinski definition) is 0. The number of rotatable bonds is 7. The molecule has 0 bridgehead atoms. The van der Waals surface area contributed by atoms with Crippen molar-refractivity contribution in [3.8, 4) is 11.5 Å². The van der Waals surface area contributed by atoms with Crippen LogP contribution >= 0.6 is 0 Å². The first-order valence-electron chi connectivity index (χ1n) is 8.70. The minimum absolute atomic E-state index is 0.183. The average Bonchev–Trinajstić information content (AvgIpc) is 2.59. The fourth-order valence-electron chi connectivity index (χ4n) is 3.28. The molecule has 24 heavy (non-hydrogen) atoms. The SMILES string of the molecule is COc1ccc(CN(C)C(=O)CCN2CCC[C@H](C)C2)cc1OC. The van der Waals surface area contributed by atoms with Gasteiger partial charge >= 0.3 is 0 Å². The third kappa shape index (κ3) is 5.13. The Bertz CT molecular complexity index is 547. The highest BCUT2D eigenvalue weighted by molar-refractivity contribution is 5.76. The average molecular weight is 334 g/mol. The number of benzene rings is 1. The summed E-state index contributed by atoms with van der Waals surface area (Å²) in [4.78, 5) is 16.6. The lowest BCUT2D eigenvalue weighted by Crippen LogP contribution is -2.37. The summed E-state index contributed by atoms with van der Waals surface area (Å²) in [5.74, 6) is 2.33. The van der Waals surface area contributed by atoms with Gasteiger partial charge in [-0.3, -0.25) is 4.79 Å². The molecular formula is C19H30N2O3. The monoisotopic (exact) mass is 334 g/mol. The van der Waals surface area contributed by atoms with Gasteiger partial charge in [-0.2, -0.15) is 0 Å². The van der Waals surface area contributed by atoms with E-state index in [9.17, 15) is 4.79 Å². The van der Waals surface area contributed by atoms with Gasteiger partial charge in [0.2, 0.25) is 5.91 Å². The number of carbonyl (C=O) groups excluding carboxylic acids is 1. The molecule has 0 aliphatic carbocycles. The maximum absolute atomic E-state index is 12.4. The van der Waals surface area contributed by atoms with E-state index in [4.69, 9.17) is 9.47 Å². The van der Waals surface area contributed by atoms with Crippen LogP contribution in [0.5, 0.6) is 11.5 Å². The molecule has 1 aliphatic rings. The first-order chi connectivity index (χ1) is 11.5. The summed E-state index contributed by atoms with van der Waals surface area (Å²) in [6.07, 6.45) is 3.14. The summed E-state index contributed by atoms with van der Waals surface area (Å²) in [6, 6.07) is 5.77. The Morgan fingerprint density at radius 3 is 2.71 bits per heavy atom. The lowest BCUT2D eigenvalue weighted by molar-refractivity contribution is -0.130. The predicted molar refractivity (Wildman–Crippen MR) is 95.5 cm³/mol. The fourth-order valence-corrected chi connectivity index (χ4v) is 3.28. The molecule has 1 heterocycles. The van der Waals surface area contributed by atoms with Gasteiger partial charge in [0.15, 0.2) is 11.5 Å². The minimum Gasteiger partial charge on any atom is -0.493 e. The van der Waals surface area contributed by atoms with Crippen LogP contribution in [0.1, 0.15) is 31.7 Å². The quantitative estimate of drug-likeness (QED) is 0.769. The van der Waals surface area contributed by atoms with Gasteiger partial charge in [0.1, 0.15) is 0 Å². The Morgan fingerprint density at radius 2 is 2.04 bits per heavy atom. The zero-order chi connectivity index (χ0) is 17.5. The Kier molecular flexibility index (Phi) is 6.91. The van der Waals surface area contributed by atoms with Crippen LogP contribution in [-0.2, 0) is 11.3 Å². The van der Waals surface area contributed by atoms with Gasteiger partial charge in [-0.05, 0) is 43.0 Å². The minimum atomic E-state index is 0.183. The van der Waals surface area contributed by atoms with E-state index >= 15 is 0 Å². The van der Waals surface area contributed by atoms with E-state index < -0.39 is 0 Å². The third-order valence-corrected chi connectivity index (χ3v) is 4.68. The molecule has 1 aliphatic heterocycles. The van der Waals surface area contributed by atoms with E-state index in [1.807, 2.05) is 25.2 Å². The zero-order valence-corrected chi connectivity index (χ0v) is 15.4. The van der Waals surface area contributed by atoms with Gasteiger partial charge in [-0.1, -0.05) is 13.0 Å². The number of nitrogens with zero attached hydrogens (tertiary/aromatic N) is 2. The largest absolute Gasteiger partial charge is 0.493 e. The number of likely N-dealkylation sites (tertiary alicyclic amines) is 1. The van der Waals surface area contributed by atoms with Gasteiger partial charge < -0.3 is 19.3 Å². The van der Waals surface area contributed by atoms with E-state index in [2.05, 4.69) is 11.8 Å². The van der Waals surface area contributed by atoms with Crippen LogP contribution < -0.4 is 9.47 Å². The summed E-state index contributed by atoms with van der Waals surface area (Å²) >= 11 is 0. The molecule has 1 aromatic carbocycles. The van der Waals surface area contributed by atoms with Crippen molar-refractivity contribution >= 4 is 5.91 Å². The summed E-state index contributed by atoms with van der Waals surface area (Å²) in [5, 5.41) is 0. The highest BCUT2D eigenvalue weighted by Gasteiger charge is 2.18. The van der Waals surface area contributed by atoms with Gasteiger partial charge in [0, 0.05) is 33.1 Å². The summed E-state index contributed by atoms with van der Waals surface area (Å²) in [7, 11) is 5.10. The van der Waals surface area contributed by atoms with Crippen LogP contribution in [0.3, 0.4) is 0 Å². The molecule has 1 aromatic rings. The second-order valence-corrected chi connectivity index (χ2v) is 6.74. The molecule has 5 nitrogen and oxygen atoms in total. The van der Waals surface area contributed by atoms with Crippen molar-refractivity contribution in [2.75, 3.05) is 40.9 Å². The number of hydrogen-bond acceptors (Lipinski definition) is 4. The molecule has 1 saturated heterocycles. The van der Waals surface area contributed by atoms with Gasteiger partial charge in [-0.25, -0.2) is 0 Å². The Hall–Kier alpha value is -1.75. The highest BCUT2D eigenvalue weighted by atomic mass is 16.5. The Balaban J connectivity index is 1.84. The summed E-state index contributed by atoms with van der Waals surface area (Å²) in [6.45, 7) is 5.97. The molecule has 0 spiro atoms. The van der Waals surface area contributed by atoms with Crippen LogP contribution in [0.4, 0.5) is 0 Å². The molecule has 0 saturated carbocycles. The van der Waals surface area contributed by atoms with Crippen LogP contribution in [0.2, 0.25) is 0 Å². The molecule has 2 rings (SSSR count). The second kappa shape index (κ2) is 8.92. The van der Waals surface area contributed by atoms with Crippen LogP contribution in [0.15, 0.2) is 18.2 Å². The normalized spacial score (nSPS) is 18.2. The van der Waals surface area contributed by atoms with E-state index in [1.165, 1.54) is 12.8 Å². The van der Waals surface area contributed by atoms with Crippen LogP contribution in [0, 0.1) is 5.92 Å². The lowest BCUT2D eigenvalue weighted by Gasteiger charge is -2.31. The van der Waals surface area contributed by atoms with Crippen LogP contribution in [0.25, 0.3) is 0 Å². The van der Waals surface area contributed by atoms with Crippen molar-refractivity contribution in [1.29, 1.82) is 0 Å². The van der Waals surface area contributed by atoms with Gasteiger partial charge in [0.25, 0.3) is 0 Å². The maximum Gasteiger partial charge on any atom is 0.223 e. The number of ether oxygens (including phenoxy) is 2. The van der Waals surface area contributed by atoms with E-state index in [0.717, 1.165) is 31.1 Å². The van der Waals surface area contributed by atoms with Crippen LogP contribution in [-0.4, -0.2) is 56.6 Å². The van der Waals surface area contributed by atoms with E-state index in [-0.39, 0.29) is 5.91 Å². The summed E-state index contributed by atoms with van der Waals surface area (Å²) < 4.78 is 10.6. The Morgan fingerprint density at radius 1 is 1.29 bits per heavy atom. The molecule has 1 atom stereocenters. The van der Waals surface area contributed by atoms with Crippen molar-refractivity contribution < 1.29 is 14.3 Å². The molecule has 0 unspecified atom stereocenters. The Labute approximate surface area is 145 Å². The number of methoxy groups -OCH3 is 2. The molecule has 0 N–H and O–H groups in total. The molecule has 1 fully saturated rings. The highest BCUT2D eigenvalue weighted by Crippen LogP contribution is 2.28. The fraction of sp³-hybridized carbons (Fsp3) is 0.632. The van der Waals surface area contributed by atoms with Crippen molar-refractivity contribution in [3.05, 3.63) is 23.8 Å². The standard InChI is InChI=1S/C19H30N2O3/c1-15-6-5-10-21(13-15)11-9-19(22)20(2)14-16-7-8-17(23-3)18(12-16)24-4/h7-8,12,15H,5-6,9-11,13-14H2,1-4H3/t15-/m0/s1. The molecule has 134 valence electrons. The second-order valence-electron chi connectivity index (χ2n) is 6.74. The molecule has 0 aromatic heterocycles. The molecule has 5 heteroatoms. The number of piperidine rings is 1. The first-order valence-corrected chi connectivity index (χ1v) is 8.70. The van der Waals surface area contributed by atoms with Gasteiger partial charge in [0.05, 0.1) is 14.2 Å². The first kappa shape index (κ1) is 18.6. The molecule has 0 radical (unpaired) electrons. The van der Waals surface area contributed by atoms with Crippen molar-refractivity contribution in [2.45, 2.75) is 32.7 Å². The number of carbonyl (C=O) groups is 1. The molecular weight excluding hydrogens is 304 g/mol. The van der Waals surface area contributed by atoms with Gasteiger partial charge in [-0.15, -0.1) is 0 Å². The maximum atomic E-state index is 12.4. The van der Waals surface area contributed by atoms with Crippen molar-refractivity contribution in [3.63, 3.8) is 0 Å².